The molecule has 0 aliphatic heterocycles. The number of hydrogen-bond acceptors (Lipinski definition) is 5. The van der Waals surface area contributed by atoms with Crippen molar-refractivity contribution >= 4 is 23.3 Å². The van der Waals surface area contributed by atoms with E-state index in [0.29, 0.717) is 11.3 Å². The number of methoxy groups -OCH3 is 2. The number of carbonyl (C=O) groups excluding carboxylic acids is 2. The average molecular weight is 356 g/mol. The third-order valence-electron chi connectivity index (χ3n) is 4.02. The van der Waals surface area contributed by atoms with Gasteiger partial charge in [0, 0.05) is 19.3 Å². The van der Waals surface area contributed by atoms with Crippen LogP contribution in [0.25, 0.3) is 0 Å². The van der Waals surface area contributed by atoms with E-state index in [1.807, 2.05) is 42.5 Å². The zero-order valence-electron chi connectivity index (χ0n) is 15.5. The number of rotatable bonds is 7. The Balaban J connectivity index is 2.16. The van der Waals surface area contributed by atoms with E-state index < -0.39 is 5.92 Å². The highest BCUT2D eigenvalue weighted by atomic mass is 16.5. The zero-order valence-corrected chi connectivity index (χ0v) is 15.5. The molecule has 2 aromatic rings. The van der Waals surface area contributed by atoms with Gasteiger partial charge in [0.15, 0.2) is 0 Å². The van der Waals surface area contributed by atoms with Crippen molar-refractivity contribution in [1.29, 1.82) is 0 Å². The molecule has 0 aromatic heterocycles. The molecule has 1 unspecified atom stereocenters. The fourth-order valence-corrected chi connectivity index (χ4v) is 2.58. The van der Waals surface area contributed by atoms with E-state index in [2.05, 4.69) is 5.32 Å². The quantitative estimate of drug-likeness (QED) is 0.771. The molecule has 0 saturated heterocycles. The first-order chi connectivity index (χ1) is 12.5. The van der Waals surface area contributed by atoms with Crippen LogP contribution < -0.4 is 10.1 Å². The van der Waals surface area contributed by atoms with Gasteiger partial charge >= 0.3 is 5.97 Å². The van der Waals surface area contributed by atoms with Gasteiger partial charge in [0.25, 0.3) is 5.91 Å². The molecule has 26 heavy (non-hydrogen) atoms. The summed E-state index contributed by atoms with van der Waals surface area (Å²) >= 11 is 0. The van der Waals surface area contributed by atoms with E-state index in [9.17, 15) is 9.59 Å². The van der Waals surface area contributed by atoms with Gasteiger partial charge in [-0.2, -0.15) is 0 Å². The molecule has 1 atom stereocenters. The first-order valence-corrected chi connectivity index (χ1v) is 8.29. The highest BCUT2D eigenvalue weighted by Crippen LogP contribution is 2.24. The predicted octanol–water partition coefficient (Wildman–Crippen LogP) is 3.32. The Morgan fingerprint density at radius 2 is 1.73 bits per heavy atom. The van der Waals surface area contributed by atoms with Crippen LogP contribution in [0.1, 0.15) is 17.3 Å². The van der Waals surface area contributed by atoms with Crippen molar-refractivity contribution in [2.75, 3.05) is 33.1 Å². The van der Waals surface area contributed by atoms with Crippen molar-refractivity contribution in [3.8, 4) is 5.75 Å². The molecular formula is C20H24N2O4. The highest BCUT2D eigenvalue weighted by Gasteiger charge is 2.21. The molecule has 138 valence electrons. The number of amides is 1. The van der Waals surface area contributed by atoms with Gasteiger partial charge in [-0.15, -0.1) is 0 Å². The summed E-state index contributed by atoms with van der Waals surface area (Å²) < 4.78 is 9.87. The average Bonchev–Trinajstić information content (AvgIpc) is 2.67. The summed E-state index contributed by atoms with van der Waals surface area (Å²) in [6, 6.07) is 14.7. The van der Waals surface area contributed by atoms with Gasteiger partial charge < -0.3 is 19.7 Å². The lowest BCUT2D eigenvalue weighted by Crippen LogP contribution is -2.34. The summed E-state index contributed by atoms with van der Waals surface area (Å²) in [6.45, 7) is 2.01. The molecule has 0 radical (unpaired) electrons. The Morgan fingerprint density at radius 1 is 1.08 bits per heavy atom. The summed E-state index contributed by atoms with van der Waals surface area (Å²) in [5.74, 6) is -0.140. The van der Waals surface area contributed by atoms with Crippen LogP contribution in [0.3, 0.4) is 0 Å². The number of nitrogens with one attached hydrogen (secondary N) is 1. The Kier molecular flexibility index (Phi) is 6.60. The molecule has 6 heteroatoms. The third kappa shape index (κ3) is 4.75. The molecule has 0 fully saturated rings. The number of nitrogens with zero attached hydrogens (tertiary/aromatic N) is 1. The molecule has 2 rings (SSSR count). The standard InChI is InChI=1S/C20H24N2O4/c1-14(20(24)26-4)13-22(2)19(23)17-7-5-6-8-18(17)21-15-9-11-16(25-3)12-10-15/h5-12,14,21H,13H2,1-4H3. The normalized spacial score (nSPS) is 11.4. The third-order valence-corrected chi connectivity index (χ3v) is 4.02. The van der Waals surface area contributed by atoms with E-state index in [4.69, 9.17) is 9.47 Å². The van der Waals surface area contributed by atoms with Gasteiger partial charge in [-0.25, -0.2) is 0 Å². The second kappa shape index (κ2) is 8.89. The second-order valence-electron chi connectivity index (χ2n) is 6.01. The fourth-order valence-electron chi connectivity index (χ4n) is 2.58. The summed E-state index contributed by atoms with van der Waals surface area (Å²) in [6.07, 6.45) is 0. The number of para-hydroxylation sites is 1. The van der Waals surface area contributed by atoms with E-state index >= 15 is 0 Å². The Hall–Kier alpha value is -3.02. The van der Waals surface area contributed by atoms with Crippen molar-refractivity contribution in [3.05, 3.63) is 54.1 Å². The minimum atomic E-state index is -0.393. The highest BCUT2D eigenvalue weighted by molar-refractivity contribution is 6.00. The van der Waals surface area contributed by atoms with E-state index in [-0.39, 0.29) is 18.4 Å². The summed E-state index contributed by atoms with van der Waals surface area (Å²) in [5.41, 5.74) is 2.07. The van der Waals surface area contributed by atoms with Crippen LogP contribution in [-0.4, -0.2) is 44.6 Å². The van der Waals surface area contributed by atoms with Crippen LogP contribution in [0, 0.1) is 5.92 Å². The molecule has 0 bridgehead atoms. The number of benzene rings is 2. The molecular weight excluding hydrogens is 332 g/mol. The minimum Gasteiger partial charge on any atom is -0.497 e. The molecule has 0 aliphatic rings. The number of carbonyl (C=O) groups is 2. The molecule has 0 heterocycles. The van der Waals surface area contributed by atoms with Crippen molar-refractivity contribution in [3.63, 3.8) is 0 Å². The van der Waals surface area contributed by atoms with Crippen LogP contribution in [0.4, 0.5) is 11.4 Å². The molecule has 0 saturated carbocycles. The molecule has 1 amide bonds. The van der Waals surface area contributed by atoms with Crippen molar-refractivity contribution in [2.45, 2.75) is 6.92 Å². The largest absolute Gasteiger partial charge is 0.497 e. The molecule has 1 N–H and O–H groups in total. The fraction of sp³-hybridized carbons (Fsp3) is 0.300. The van der Waals surface area contributed by atoms with Gasteiger partial charge in [-0.1, -0.05) is 19.1 Å². The Bertz CT molecular complexity index is 759. The second-order valence-corrected chi connectivity index (χ2v) is 6.01. The van der Waals surface area contributed by atoms with Crippen LogP contribution in [-0.2, 0) is 9.53 Å². The topological polar surface area (TPSA) is 67.9 Å². The smallest absolute Gasteiger partial charge is 0.310 e. The lowest BCUT2D eigenvalue weighted by Gasteiger charge is -2.22. The Labute approximate surface area is 153 Å². The first-order valence-electron chi connectivity index (χ1n) is 8.29. The maximum absolute atomic E-state index is 12.8. The minimum absolute atomic E-state index is 0.169. The van der Waals surface area contributed by atoms with Gasteiger partial charge in [0.2, 0.25) is 0 Å². The predicted molar refractivity (Wildman–Crippen MR) is 101 cm³/mol. The number of ether oxygens (including phenoxy) is 2. The van der Waals surface area contributed by atoms with Crippen molar-refractivity contribution in [1.82, 2.24) is 4.90 Å². The van der Waals surface area contributed by atoms with Gasteiger partial charge in [-0.05, 0) is 36.4 Å². The SMILES string of the molecule is COC(=O)C(C)CN(C)C(=O)c1ccccc1Nc1ccc(OC)cc1. The summed E-state index contributed by atoms with van der Waals surface area (Å²) in [5, 5.41) is 3.25. The van der Waals surface area contributed by atoms with E-state index in [1.54, 1.807) is 27.1 Å². The number of anilines is 2. The molecule has 0 aliphatic carbocycles. The maximum atomic E-state index is 12.8. The number of esters is 1. The maximum Gasteiger partial charge on any atom is 0.310 e. The van der Waals surface area contributed by atoms with Crippen molar-refractivity contribution in [2.24, 2.45) is 5.92 Å². The monoisotopic (exact) mass is 356 g/mol. The van der Waals surface area contributed by atoms with E-state index in [1.165, 1.54) is 12.0 Å². The summed E-state index contributed by atoms with van der Waals surface area (Å²) in [4.78, 5) is 25.9. The molecule has 6 nitrogen and oxygen atoms in total. The van der Waals surface area contributed by atoms with Gasteiger partial charge in [0.1, 0.15) is 5.75 Å². The van der Waals surface area contributed by atoms with Crippen LogP contribution in [0.5, 0.6) is 5.75 Å². The van der Waals surface area contributed by atoms with Crippen LogP contribution in [0.15, 0.2) is 48.5 Å². The van der Waals surface area contributed by atoms with E-state index in [0.717, 1.165) is 11.4 Å². The Morgan fingerprint density at radius 3 is 2.35 bits per heavy atom. The number of hydrogen-bond donors (Lipinski definition) is 1. The van der Waals surface area contributed by atoms with Crippen LogP contribution >= 0.6 is 0 Å². The van der Waals surface area contributed by atoms with Crippen molar-refractivity contribution < 1.29 is 19.1 Å². The van der Waals surface area contributed by atoms with Crippen LogP contribution in [0.2, 0.25) is 0 Å². The lowest BCUT2D eigenvalue weighted by molar-refractivity contribution is -0.145. The van der Waals surface area contributed by atoms with Gasteiger partial charge in [-0.3, -0.25) is 9.59 Å². The lowest BCUT2D eigenvalue weighted by atomic mass is 10.1. The van der Waals surface area contributed by atoms with Gasteiger partial charge in [0.05, 0.1) is 31.4 Å². The summed E-state index contributed by atoms with van der Waals surface area (Å²) in [7, 11) is 4.63. The molecule has 2 aromatic carbocycles. The first kappa shape index (κ1) is 19.3. The zero-order chi connectivity index (χ0) is 19.1. The molecule has 0 spiro atoms.